The summed E-state index contributed by atoms with van der Waals surface area (Å²) in [4.78, 5) is 7.31. The minimum Gasteiger partial charge on any atom is -0.279 e. The summed E-state index contributed by atoms with van der Waals surface area (Å²) in [6, 6.07) is 2.95. The van der Waals surface area contributed by atoms with Crippen molar-refractivity contribution < 1.29 is 13.2 Å². The predicted molar refractivity (Wildman–Crippen MR) is 47.4 cm³/mol. The highest BCUT2D eigenvalue weighted by Gasteiger charge is 2.37. The van der Waals surface area contributed by atoms with Crippen molar-refractivity contribution in [2.24, 2.45) is 0 Å². The number of nitrogens with zero attached hydrogens (tertiary/aromatic N) is 4. The van der Waals surface area contributed by atoms with Crippen LogP contribution in [0.3, 0.4) is 0 Å². The SMILES string of the molecule is Cc1nc2cc(C#N)ncn2c1C(F)(F)F. The van der Waals surface area contributed by atoms with Crippen LogP contribution in [0.5, 0.6) is 0 Å². The van der Waals surface area contributed by atoms with Crippen LogP contribution in [0.4, 0.5) is 13.2 Å². The molecule has 0 unspecified atom stereocenters. The third-order valence-corrected chi connectivity index (χ3v) is 2.07. The van der Waals surface area contributed by atoms with Crippen LogP contribution in [-0.2, 0) is 6.18 Å². The van der Waals surface area contributed by atoms with Gasteiger partial charge in [0, 0.05) is 6.07 Å². The Hall–Kier alpha value is -2.10. The number of nitriles is 1. The third-order valence-electron chi connectivity index (χ3n) is 2.07. The molecular weight excluding hydrogens is 221 g/mol. The van der Waals surface area contributed by atoms with E-state index in [-0.39, 0.29) is 17.0 Å². The van der Waals surface area contributed by atoms with Crippen LogP contribution in [0, 0.1) is 18.3 Å². The molecule has 2 aromatic heterocycles. The van der Waals surface area contributed by atoms with Crippen molar-refractivity contribution in [3.8, 4) is 6.07 Å². The maximum atomic E-state index is 12.6. The molecule has 7 heteroatoms. The van der Waals surface area contributed by atoms with Crippen molar-refractivity contribution in [1.29, 1.82) is 5.26 Å². The molecule has 0 aromatic carbocycles. The Labute approximate surface area is 88.0 Å². The smallest absolute Gasteiger partial charge is 0.279 e. The van der Waals surface area contributed by atoms with Gasteiger partial charge in [0.15, 0.2) is 5.69 Å². The van der Waals surface area contributed by atoms with Gasteiger partial charge in [0.05, 0.1) is 5.69 Å². The highest BCUT2D eigenvalue weighted by molar-refractivity contribution is 5.46. The van der Waals surface area contributed by atoms with E-state index in [1.54, 1.807) is 6.07 Å². The topological polar surface area (TPSA) is 54.0 Å². The van der Waals surface area contributed by atoms with Crippen LogP contribution in [0.2, 0.25) is 0 Å². The van der Waals surface area contributed by atoms with E-state index in [9.17, 15) is 13.2 Å². The molecule has 0 aliphatic heterocycles. The van der Waals surface area contributed by atoms with Crippen LogP contribution in [-0.4, -0.2) is 14.4 Å². The monoisotopic (exact) mass is 226 g/mol. The second-order valence-electron chi connectivity index (χ2n) is 3.16. The molecule has 0 saturated heterocycles. The lowest BCUT2D eigenvalue weighted by Gasteiger charge is -2.06. The van der Waals surface area contributed by atoms with Crippen LogP contribution >= 0.6 is 0 Å². The summed E-state index contributed by atoms with van der Waals surface area (Å²) >= 11 is 0. The maximum Gasteiger partial charge on any atom is 0.433 e. The molecule has 0 spiro atoms. The first-order chi connectivity index (χ1) is 7.43. The molecule has 2 rings (SSSR count). The molecule has 0 atom stereocenters. The second-order valence-corrected chi connectivity index (χ2v) is 3.16. The zero-order valence-corrected chi connectivity index (χ0v) is 8.08. The number of halogens is 3. The standard InChI is InChI=1S/C9H5F3N4/c1-5-8(9(10,11)12)16-4-14-6(3-13)2-7(16)15-5/h2,4H,1H3. The minimum absolute atomic E-state index is 0.0335. The van der Waals surface area contributed by atoms with Crippen molar-refractivity contribution in [3.63, 3.8) is 0 Å². The molecule has 2 heterocycles. The number of alkyl halides is 3. The number of rotatable bonds is 0. The van der Waals surface area contributed by atoms with Crippen LogP contribution in [0.1, 0.15) is 17.1 Å². The molecule has 0 bridgehead atoms. The van der Waals surface area contributed by atoms with Gasteiger partial charge in [0.25, 0.3) is 0 Å². The minimum atomic E-state index is -4.49. The van der Waals surface area contributed by atoms with Crippen LogP contribution in [0.15, 0.2) is 12.4 Å². The maximum absolute atomic E-state index is 12.6. The third kappa shape index (κ3) is 1.48. The van der Waals surface area contributed by atoms with E-state index in [1.807, 2.05) is 0 Å². The van der Waals surface area contributed by atoms with E-state index in [4.69, 9.17) is 5.26 Å². The summed E-state index contributed by atoms with van der Waals surface area (Å²) in [6.07, 6.45) is -3.53. The predicted octanol–water partition coefficient (Wildman–Crippen LogP) is 1.93. The molecule has 82 valence electrons. The molecule has 4 nitrogen and oxygen atoms in total. The molecular formula is C9H5F3N4. The lowest BCUT2D eigenvalue weighted by molar-refractivity contribution is -0.142. The van der Waals surface area contributed by atoms with Crippen LogP contribution < -0.4 is 0 Å². The van der Waals surface area contributed by atoms with Crippen molar-refractivity contribution >= 4 is 5.65 Å². The van der Waals surface area contributed by atoms with E-state index >= 15 is 0 Å². The van der Waals surface area contributed by atoms with Gasteiger partial charge in [0.1, 0.15) is 23.7 Å². The number of imidazole rings is 1. The summed E-state index contributed by atoms with van der Waals surface area (Å²) in [6.45, 7) is 1.27. The molecule has 0 aliphatic carbocycles. The molecule has 0 aliphatic rings. The normalized spacial score (nSPS) is 11.7. The van der Waals surface area contributed by atoms with E-state index in [0.717, 1.165) is 10.7 Å². The second kappa shape index (κ2) is 3.20. The van der Waals surface area contributed by atoms with E-state index in [2.05, 4.69) is 9.97 Å². The molecule has 2 aromatic rings. The number of hydrogen-bond donors (Lipinski definition) is 0. The highest BCUT2D eigenvalue weighted by atomic mass is 19.4. The molecule has 16 heavy (non-hydrogen) atoms. The Bertz CT molecular complexity index is 591. The number of aryl methyl sites for hydroxylation is 1. The van der Waals surface area contributed by atoms with Gasteiger partial charge < -0.3 is 0 Å². The molecule has 0 N–H and O–H groups in total. The Kier molecular flexibility index (Phi) is 2.08. The first-order valence-corrected chi connectivity index (χ1v) is 4.25. The Morgan fingerprint density at radius 2 is 2.12 bits per heavy atom. The number of fused-ring (bicyclic) bond motifs is 1. The zero-order chi connectivity index (χ0) is 11.9. The molecule has 0 radical (unpaired) electrons. The van der Waals surface area contributed by atoms with Gasteiger partial charge in [-0.05, 0) is 6.92 Å². The van der Waals surface area contributed by atoms with Gasteiger partial charge in [-0.2, -0.15) is 18.4 Å². The fourth-order valence-corrected chi connectivity index (χ4v) is 1.47. The van der Waals surface area contributed by atoms with E-state index < -0.39 is 11.9 Å². The summed E-state index contributed by atoms with van der Waals surface area (Å²) < 4.78 is 38.8. The fraction of sp³-hybridized carbons (Fsp3) is 0.222. The summed E-state index contributed by atoms with van der Waals surface area (Å²) in [7, 11) is 0. The van der Waals surface area contributed by atoms with E-state index in [0.29, 0.717) is 0 Å². The quantitative estimate of drug-likeness (QED) is 0.689. The van der Waals surface area contributed by atoms with Crippen molar-refractivity contribution in [2.45, 2.75) is 13.1 Å². The Balaban J connectivity index is 2.78. The number of aromatic nitrogens is 3. The van der Waals surface area contributed by atoms with Crippen molar-refractivity contribution in [1.82, 2.24) is 14.4 Å². The molecule has 0 fully saturated rings. The van der Waals surface area contributed by atoms with Crippen LogP contribution in [0.25, 0.3) is 5.65 Å². The average Bonchev–Trinajstić information content (AvgIpc) is 2.51. The number of hydrogen-bond acceptors (Lipinski definition) is 3. The van der Waals surface area contributed by atoms with Gasteiger partial charge in [-0.15, -0.1) is 0 Å². The average molecular weight is 226 g/mol. The summed E-state index contributed by atoms with van der Waals surface area (Å²) in [5.41, 5.74) is -0.897. The summed E-state index contributed by atoms with van der Waals surface area (Å²) in [5.74, 6) is 0. The van der Waals surface area contributed by atoms with Gasteiger partial charge in [-0.1, -0.05) is 0 Å². The lowest BCUT2D eigenvalue weighted by atomic mass is 10.3. The van der Waals surface area contributed by atoms with Gasteiger partial charge in [0.2, 0.25) is 0 Å². The Morgan fingerprint density at radius 1 is 1.44 bits per heavy atom. The Morgan fingerprint density at radius 3 is 2.69 bits per heavy atom. The first kappa shape index (κ1) is 10.4. The van der Waals surface area contributed by atoms with Gasteiger partial charge in [-0.3, -0.25) is 4.40 Å². The van der Waals surface area contributed by atoms with Gasteiger partial charge in [-0.25, -0.2) is 9.97 Å². The van der Waals surface area contributed by atoms with Crippen molar-refractivity contribution in [3.05, 3.63) is 29.5 Å². The zero-order valence-electron chi connectivity index (χ0n) is 8.08. The first-order valence-electron chi connectivity index (χ1n) is 4.25. The van der Waals surface area contributed by atoms with Gasteiger partial charge >= 0.3 is 6.18 Å². The van der Waals surface area contributed by atoms with E-state index in [1.165, 1.54) is 13.0 Å². The lowest BCUT2D eigenvalue weighted by Crippen LogP contribution is -2.11. The largest absolute Gasteiger partial charge is 0.433 e. The van der Waals surface area contributed by atoms with Crippen molar-refractivity contribution in [2.75, 3.05) is 0 Å². The fourth-order valence-electron chi connectivity index (χ4n) is 1.47. The highest BCUT2D eigenvalue weighted by Crippen LogP contribution is 2.32. The molecule has 0 saturated carbocycles. The molecule has 0 amide bonds. The summed E-state index contributed by atoms with van der Waals surface area (Å²) in [5, 5.41) is 8.56.